The zero-order valence-corrected chi connectivity index (χ0v) is 10.7. The summed E-state index contributed by atoms with van der Waals surface area (Å²) in [6.07, 6.45) is 0. The van der Waals surface area contributed by atoms with E-state index in [0.717, 1.165) is 21.5 Å². The maximum Gasteiger partial charge on any atom is 0.504 e. The summed E-state index contributed by atoms with van der Waals surface area (Å²) in [6, 6.07) is 14.8. The predicted molar refractivity (Wildman–Crippen MR) is 81.3 cm³/mol. The summed E-state index contributed by atoms with van der Waals surface area (Å²) in [6.45, 7) is 0. The maximum absolute atomic E-state index is 9.21. The zero-order valence-electron chi connectivity index (χ0n) is 10.7. The molecule has 3 rings (SSSR count). The Bertz CT molecular complexity index is 774. The first-order chi connectivity index (χ1) is 9.67. The average Bonchev–Trinajstić information content (AvgIpc) is 2.44. The van der Waals surface area contributed by atoms with Crippen LogP contribution in [0.1, 0.15) is 0 Å². The van der Waals surface area contributed by atoms with Gasteiger partial charge in [0.05, 0.1) is 0 Å². The van der Waals surface area contributed by atoms with Crippen LogP contribution in [0, 0.1) is 0 Å². The molecule has 0 saturated heterocycles. The Kier molecular flexibility index (Phi) is 3.36. The average molecular weight is 266 g/mol. The van der Waals surface area contributed by atoms with Crippen LogP contribution in [0.25, 0.3) is 21.5 Å². The summed E-state index contributed by atoms with van der Waals surface area (Å²) in [4.78, 5) is 0. The standard InChI is InChI=1S/C14H12B2O4/c17-15-20-14-4-2-10-5-11-7-13(16(18)19)3-1-9(11)6-12(10)8-14/h1-8,15,17-19H. The van der Waals surface area contributed by atoms with Crippen molar-refractivity contribution in [2.75, 3.05) is 0 Å². The molecule has 0 spiro atoms. The Morgan fingerprint density at radius 2 is 1.45 bits per heavy atom. The third kappa shape index (κ3) is 2.36. The molecule has 0 fully saturated rings. The summed E-state index contributed by atoms with van der Waals surface area (Å²) >= 11 is 0. The van der Waals surface area contributed by atoms with E-state index in [0.29, 0.717) is 11.2 Å². The van der Waals surface area contributed by atoms with Crippen molar-refractivity contribution in [3.8, 4) is 5.75 Å². The van der Waals surface area contributed by atoms with E-state index in [9.17, 15) is 10.0 Å². The van der Waals surface area contributed by atoms with Gasteiger partial charge < -0.3 is 19.7 Å². The van der Waals surface area contributed by atoms with Crippen molar-refractivity contribution in [3.63, 3.8) is 0 Å². The van der Waals surface area contributed by atoms with Crippen LogP contribution in [0.5, 0.6) is 5.75 Å². The second kappa shape index (κ2) is 5.17. The quantitative estimate of drug-likeness (QED) is 0.471. The molecule has 0 heterocycles. The van der Waals surface area contributed by atoms with Gasteiger partial charge in [0.2, 0.25) is 0 Å². The minimum atomic E-state index is -1.46. The highest BCUT2D eigenvalue weighted by molar-refractivity contribution is 6.58. The molecule has 98 valence electrons. The highest BCUT2D eigenvalue weighted by Crippen LogP contribution is 2.25. The van der Waals surface area contributed by atoms with Crippen LogP contribution in [0.3, 0.4) is 0 Å². The lowest BCUT2D eigenvalue weighted by atomic mass is 9.79. The van der Waals surface area contributed by atoms with E-state index in [1.165, 1.54) is 0 Å². The highest BCUT2D eigenvalue weighted by Gasteiger charge is 2.11. The van der Waals surface area contributed by atoms with Crippen LogP contribution in [0.15, 0.2) is 48.5 Å². The van der Waals surface area contributed by atoms with Gasteiger partial charge in [0, 0.05) is 0 Å². The van der Waals surface area contributed by atoms with E-state index in [1.54, 1.807) is 18.2 Å². The molecule has 0 aliphatic heterocycles. The molecule has 4 nitrogen and oxygen atoms in total. The minimum Gasteiger partial charge on any atom is -0.539 e. The van der Waals surface area contributed by atoms with Crippen LogP contribution in [-0.2, 0) is 0 Å². The first-order valence-electron chi connectivity index (χ1n) is 6.24. The van der Waals surface area contributed by atoms with Gasteiger partial charge in [-0.15, -0.1) is 0 Å². The molecular formula is C14H12B2O4. The molecule has 3 aromatic rings. The van der Waals surface area contributed by atoms with Crippen LogP contribution >= 0.6 is 0 Å². The lowest BCUT2D eigenvalue weighted by Gasteiger charge is -2.07. The summed E-state index contributed by atoms with van der Waals surface area (Å²) in [5.41, 5.74) is 0.470. The Morgan fingerprint density at radius 3 is 2.10 bits per heavy atom. The van der Waals surface area contributed by atoms with Crippen molar-refractivity contribution in [1.29, 1.82) is 0 Å². The van der Waals surface area contributed by atoms with E-state index in [4.69, 9.17) is 9.68 Å². The molecule has 0 amide bonds. The van der Waals surface area contributed by atoms with Gasteiger partial charge in [-0.05, 0) is 51.3 Å². The van der Waals surface area contributed by atoms with Crippen LogP contribution in [-0.4, -0.2) is 29.9 Å². The number of hydrogen-bond acceptors (Lipinski definition) is 4. The van der Waals surface area contributed by atoms with E-state index in [1.807, 2.05) is 30.3 Å². The first kappa shape index (κ1) is 13.0. The highest BCUT2D eigenvalue weighted by atomic mass is 16.5. The Balaban J connectivity index is 2.17. The Hall–Kier alpha value is -2.01. The molecule has 3 N–H and O–H groups in total. The molecule has 0 aromatic heterocycles. The van der Waals surface area contributed by atoms with Gasteiger partial charge in [0.15, 0.2) is 0 Å². The van der Waals surface area contributed by atoms with E-state index >= 15 is 0 Å². The molecular weight excluding hydrogens is 254 g/mol. The fourth-order valence-corrected chi connectivity index (χ4v) is 2.32. The van der Waals surface area contributed by atoms with E-state index in [-0.39, 0.29) is 7.69 Å². The number of rotatable bonds is 3. The summed E-state index contributed by atoms with van der Waals surface area (Å²) in [7, 11) is -1.81. The van der Waals surface area contributed by atoms with Crippen molar-refractivity contribution in [2.24, 2.45) is 0 Å². The Labute approximate surface area is 116 Å². The minimum absolute atomic E-state index is 0.350. The second-order valence-corrected chi connectivity index (χ2v) is 4.61. The molecule has 0 aliphatic carbocycles. The summed E-state index contributed by atoms with van der Waals surface area (Å²) in [5, 5.41) is 31.2. The predicted octanol–water partition coefficient (Wildman–Crippen LogP) is 0.310. The van der Waals surface area contributed by atoms with E-state index in [2.05, 4.69) is 0 Å². The maximum atomic E-state index is 9.21. The second-order valence-electron chi connectivity index (χ2n) is 4.61. The SMILES string of the molecule is OBOc1ccc2cc3cc(B(O)O)ccc3cc2c1. The molecule has 20 heavy (non-hydrogen) atoms. The summed E-state index contributed by atoms with van der Waals surface area (Å²) in [5.74, 6) is 0.613. The van der Waals surface area contributed by atoms with Crippen molar-refractivity contribution >= 4 is 41.8 Å². The van der Waals surface area contributed by atoms with Gasteiger partial charge in [-0.3, -0.25) is 0 Å². The normalized spacial score (nSPS) is 10.8. The fourth-order valence-electron chi connectivity index (χ4n) is 2.32. The van der Waals surface area contributed by atoms with Gasteiger partial charge >= 0.3 is 14.8 Å². The van der Waals surface area contributed by atoms with Crippen LogP contribution in [0.4, 0.5) is 0 Å². The van der Waals surface area contributed by atoms with E-state index < -0.39 is 7.12 Å². The van der Waals surface area contributed by atoms with Gasteiger partial charge in [-0.2, -0.15) is 0 Å². The number of hydrogen-bond donors (Lipinski definition) is 3. The molecule has 0 aliphatic rings. The van der Waals surface area contributed by atoms with Gasteiger partial charge in [-0.25, -0.2) is 0 Å². The first-order valence-corrected chi connectivity index (χ1v) is 6.24. The lowest BCUT2D eigenvalue weighted by Crippen LogP contribution is -2.29. The van der Waals surface area contributed by atoms with Crippen LogP contribution in [0.2, 0.25) is 0 Å². The molecule has 6 heteroatoms. The third-order valence-corrected chi connectivity index (χ3v) is 3.32. The number of fused-ring (bicyclic) bond motifs is 2. The van der Waals surface area contributed by atoms with Crippen molar-refractivity contribution in [2.45, 2.75) is 0 Å². The van der Waals surface area contributed by atoms with Gasteiger partial charge in [0.25, 0.3) is 0 Å². The molecule has 0 radical (unpaired) electrons. The Morgan fingerprint density at radius 1 is 0.800 bits per heavy atom. The monoisotopic (exact) mass is 266 g/mol. The summed E-state index contributed by atoms with van der Waals surface area (Å²) < 4.78 is 5.07. The van der Waals surface area contributed by atoms with Crippen LogP contribution < -0.4 is 10.1 Å². The fraction of sp³-hybridized carbons (Fsp3) is 0. The van der Waals surface area contributed by atoms with Crippen molar-refractivity contribution in [1.82, 2.24) is 0 Å². The molecule has 3 aromatic carbocycles. The lowest BCUT2D eigenvalue weighted by molar-refractivity contribution is 0.426. The smallest absolute Gasteiger partial charge is 0.504 e. The van der Waals surface area contributed by atoms with Crippen molar-refractivity contribution < 1.29 is 19.7 Å². The number of benzene rings is 3. The molecule has 0 unspecified atom stereocenters. The van der Waals surface area contributed by atoms with Gasteiger partial charge in [-0.1, -0.05) is 24.3 Å². The van der Waals surface area contributed by atoms with Gasteiger partial charge in [0.1, 0.15) is 5.75 Å². The molecule has 0 saturated carbocycles. The zero-order chi connectivity index (χ0) is 14.1. The molecule has 0 atom stereocenters. The molecule has 0 bridgehead atoms. The van der Waals surface area contributed by atoms with Crippen molar-refractivity contribution in [3.05, 3.63) is 48.5 Å². The largest absolute Gasteiger partial charge is 0.539 e. The third-order valence-electron chi connectivity index (χ3n) is 3.32. The topological polar surface area (TPSA) is 69.9 Å².